The summed E-state index contributed by atoms with van der Waals surface area (Å²) < 4.78 is 0. The monoisotopic (exact) mass is 285 g/mol. The maximum absolute atomic E-state index is 11.0. The van der Waals surface area contributed by atoms with Crippen molar-refractivity contribution in [1.82, 2.24) is 5.32 Å². The molecule has 1 atom stereocenters. The van der Waals surface area contributed by atoms with E-state index in [0.29, 0.717) is 11.1 Å². The summed E-state index contributed by atoms with van der Waals surface area (Å²) in [6.07, 6.45) is 5.04. The molecule has 1 aliphatic rings. The van der Waals surface area contributed by atoms with Crippen molar-refractivity contribution in [3.8, 4) is 23.3 Å². The van der Waals surface area contributed by atoms with E-state index < -0.39 is 5.72 Å². The fraction of sp³-hybridized carbons (Fsp3) is 0.188. The van der Waals surface area contributed by atoms with E-state index in [0.717, 1.165) is 0 Å². The molecule has 0 aromatic heterocycles. The Labute approximate surface area is 122 Å². The van der Waals surface area contributed by atoms with Crippen LogP contribution in [0.15, 0.2) is 42.0 Å². The van der Waals surface area contributed by atoms with Gasteiger partial charge in [0.05, 0.1) is 0 Å². The minimum absolute atomic E-state index is 0.197. The van der Waals surface area contributed by atoms with Gasteiger partial charge in [-0.15, -0.1) is 0 Å². The summed E-state index contributed by atoms with van der Waals surface area (Å²) in [4.78, 5) is 11.0. The van der Waals surface area contributed by atoms with Crippen molar-refractivity contribution >= 4 is 5.91 Å². The van der Waals surface area contributed by atoms with Crippen molar-refractivity contribution in [3.63, 3.8) is 0 Å². The Kier molecular flexibility index (Phi) is 4.01. The molecular weight excluding hydrogens is 270 g/mol. The first-order valence-corrected chi connectivity index (χ1v) is 6.32. The maximum atomic E-state index is 11.0. The van der Waals surface area contributed by atoms with Crippen LogP contribution in [0.5, 0.6) is 11.5 Å². The van der Waals surface area contributed by atoms with E-state index in [4.69, 9.17) is 0 Å². The molecule has 5 heteroatoms. The molecule has 108 valence electrons. The Bertz CT molecular complexity index is 694. The van der Waals surface area contributed by atoms with Crippen LogP contribution in [0.2, 0.25) is 0 Å². The highest BCUT2D eigenvalue weighted by atomic mass is 16.3. The van der Waals surface area contributed by atoms with Gasteiger partial charge in [0.25, 0.3) is 0 Å². The lowest BCUT2D eigenvalue weighted by Gasteiger charge is -2.26. The van der Waals surface area contributed by atoms with Gasteiger partial charge >= 0.3 is 0 Å². The molecule has 1 aliphatic carbocycles. The first-order valence-electron chi connectivity index (χ1n) is 6.32. The highest BCUT2D eigenvalue weighted by molar-refractivity contribution is 5.74. The molecule has 1 aromatic carbocycles. The number of carbonyl (C=O) groups is 1. The smallest absolute Gasteiger partial charge is 0.219 e. The summed E-state index contributed by atoms with van der Waals surface area (Å²) >= 11 is 0. The topological polar surface area (TPSA) is 89.8 Å². The molecule has 0 bridgehead atoms. The minimum Gasteiger partial charge on any atom is -0.504 e. The Morgan fingerprint density at radius 1 is 1.29 bits per heavy atom. The number of hydrogen-bond acceptors (Lipinski definition) is 4. The molecule has 1 unspecified atom stereocenters. The third-order valence-electron chi connectivity index (χ3n) is 2.89. The van der Waals surface area contributed by atoms with Crippen molar-refractivity contribution in [3.05, 3.63) is 47.6 Å². The minimum atomic E-state index is -1.37. The van der Waals surface area contributed by atoms with Gasteiger partial charge in [-0.1, -0.05) is 17.9 Å². The number of aromatic hydroxyl groups is 2. The number of hydrogen-bond donors (Lipinski definition) is 4. The fourth-order valence-corrected chi connectivity index (χ4v) is 1.87. The van der Waals surface area contributed by atoms with Crippen LogP contribution in [0.25, 0.3) is 0 Å². The Morgan fingerprint density at radius 2 is 2.05 bits per heavy atom. The summed E-state index contributed by atoms with van der Waals surface area (Å²) in [5, 5.41) is 31.1. The Balaban J connectivity index is 2.10. The average molecular weight is 285 g/mol. The van der Waals surface area contributed by atoms with E-state index in [9.17, 15) is 20.1 Å². The molecule has 0 saturated heterocycles. The molecule has 0 heterocycles. The molecule has 1 amide bonds. The normalized spacial score (nSPS) is 20.2. The van der Waals surface area contributed by atoms with E-state index in [-0.39, 0.29) is 23.8 Å². The summed E-state index contributed by atoms with van der Waals surface area (Å²) in [6.45, 7) is 1.34. The largest absolute Gasteiger partial charge is 0.504 e. The lowest BCUT2D eigenvalue weighted by molar-refractivity contribution is -0.124. The van der Waals surface area contributed by atoms with Crippen LogP contribution in [0, 0.1) is 11.8 Å². The molecule has 5 nitrogen and oxygen atoms in total. The first kappa shape index (κ1) is 14.7. The number of rotatable bonds is 1. The molecule has 1 aromatic rings. The Hall–Kier alpha value is -2.71. The average Bonchev–Trinajstić information content (AvgIpc) is 2.41. The van der Waals surface area contributed by atoms with E-state index in [1.54, 1.807) is 18.2 Å². The second-order valence-electron chi connectivity index (χ2n) is 4.76. The van der Waals surface area contributed by atoms with Crippen molar-refractivity contribution in [2.24, 2.45) is 0 Å². The number of phenolic OH excluding ortho intramolecular Hbond substituents is 2. The van der Waals surface area contributed by atoms with Gasteiger partial charge in [0, 0.05) is 24.5 Å². The molecule has 21 heavy (non-hydrogen) atoms. The van der Waals surface area contributed by atoms with Crippen molar-refractivity contribution in [1.29, 1.82) is 0 Å². The van der Waals surface area contributed by atoms with Crippen LogP contribution in [0.3, 0.4) is 0 Å². The van der Waals surface area contributed by atoms with Crippen LogP contribution < -0.4 is 5.32 Å². The third-order valence-corrected chi connectivity index (χ3v) is 2.89. The maximum Gasteiger partial charge on any atom is 0.219 e. The van der Waals surface area contributed by atoms with Crippen LogP contribution in [-0.2, 0) is 4.79 Å². The summed E-state index contributed by atoms with van der Waals surface area (Å²) in [6, 6.07) is 4.31. The second kappa shape index (κ2) is 5.73. The number of allylic oxidation sites excluding steroid dienone is 2. The number of carbonyl (C=O) groups excluding carboxylic acids is 1. The standard InChI is InChI=1S/C16H15NO4/c1-11(18)17-16(21)8-6-12(7-9-16)2-3-13-4-5-14(19)15(20)10-13/h4-8,10,19-21H,9H2,1H3,(H,17,18). The van der Waals surface area contributed by atoms with Gasteiger partial charge < -0.3 is 20.6 Å². The van der Waals surface area contributed by atoms with E-state index >= 15 is 0 Å². The van der Waals surface area contributed by atoms with Crippen LogP contribution in [0.1, 0.15) is 18.9 Å². The van der Waals surface area contributed by atoms with Gasteiger partial charge in [-0.05, 0) is 30.4 Å². The number of phenols is 2. The zero-order chi connectivity index (χ0) is 15.5. The van der Waals surface area contributed by atoms with Crippen LogP contribution in [-0.4, -0.2) is 27.0 Å². The molecule has 0 saturated carbocycles. The van der Waals surface area contributed by atoms with Crippen molar-refractivity contribution < 1.29 is 20.1 Å². The lowest BCUT2D eigenvalue weighted by Crippen LogP contribution is -2.46. The SMILES string of the molecule is CC(=O)NC1(O)C=CC(C#Cc2ccc(O)c(O)c2)=CC1. The molecule has 4 N–H and O–H groups in total. The van der Waals surface area contributed by atoms with Crippen LogP contribution in [0.4, 0.5) is 0 Å². The summed E-state index contributed by atoms with van der Waals surface area (Å²) in [5.41, 5.74) is -0.117. The molecule has 0 fully saturated rings. The second-order valence-corrected chi connectivity index (χ2v) is 4.76. The van der Waals surface area contributed by atoms with Gasteiger partial charge in [-0.25, -0.2) is 0 Å². The fourth-order valence-electron chi connectivity index (χ4n) is 1.87. The Morgan fingerprint density at radius 3 is 2.62 bits per heavy atom. The third kappa shape index (κ3) is 3.88. The van der Waals surface area contributed by atoms with E-state index in [1.165, 1.54) is 25.1 Å². The lowest BCUT2D eigenvalue weighted by atomic mass is 9.99. The highest BCUT2D eigenvalue weighted by Gasteiger charge is 2.25. The summed E-state index contributed by atoms with van der Waals surface area (Å²) in [5.74, 6) is 4.99. The van der Waals surface area contributed by atoms with Gasteiger partial charge in [-0.3, -0.25) is 4.79 Å². The number of benzene rings is 1. The zero-order valence-electron chi connectivity index (χ0n) is 11.4. The number of nitrogens with one attached hydrogen (secondary N) is 1. The molecular formula is C16H15NO4. The van der Waals surface area contributed by atoms with E-state index in [2.05, 4.69) is 17.2 Å². The number of amides is 1. The van der Waals surface area contributed by atoms with Crippen LogP contribution >= 0.6 is 0 Å². The first-order chi connectivity index (χ1) is 9.88. The molecule has 0 radical (unpaired) electrons. The molecule has 0 spiro atoms. The quantitative estimate of drug-likeness (QED) is 0.354. The summed E-state index contributed by atoms with van der Waals surface area (Å²) in [7, 11) is 0. The van der Waals surface area contributed by atoms with Gasteiger partial charge in [0.1, 0.15) is 0 Å². The molecule has 0 aliphatic heterocycles. The van der Waals surface area contributed by atoms with Gasteiger partial charge in [0.2, 0.25) is 5.91 Å². The molecule has 2 rings (SSSR count). The van der Waals surface area contributed by atoms with Crippen molar-refractivity contribution in [2.75, 3.05) is 0 Å². The predicted octanol–water partition coefficient (Wildman–Crippen LogP) is 1.16. The zero-order valence-corrected chi connectivity index (χ0v) is 11.4. The number of aliphatic hydroxyl groups is 1. The van der Waals surface area contributed by atoms with Gasteiger partial charge in [-0.2, -0.15) is 0 Å². The van der Waals surface area contributed by atoms with Crippen molar-refractivity contribution in [2.45, 2.75) is 19.1 Å². The van der Waals surface area contributed by atoms with E-state index in [1.807, 2.05) is 0 Å². The predicted molar refractivity (Wildman–Crippen MR) is 77.3 cm³/mol. The van der Waals surface area contributed by atoms with Gasteiger partial charge in [0.15, 0.2) is 17.2 Å². The highest BCUT2D eigenvalue weighted by Crippen LogP contribution is 2.24.